The van der Waals surface area contributed by atoms with Gasteiger partial charge in [0.2, 0.25) is 11.8 Å². The molecule has 0 aromatic heterocycles. The standard InChI is InChI=1S/C31H32N2O5/c1-37-26-13-11-21(12-14-26)17-27(29(35)38-20-22-7-3-2-4-8-22)32-30(36)31(15-16-31)33-28(34)25-18-23-9-5-6-10-24(23)19-25/h2-14,25,27H,15-20H2,1H3,(H,32,36)(H,33,34)/t27-/m0/s1. The summed E-state index contributed by atoms with van der Waals surface area (Å²) >= 11 is 0. The molecule has 2 aliphatic carbocycles. The van der Waals surface area contributed by atoms with Crippen LogP contribution in [0.3, 0.4) is 0 Å². The Morgan fingerprint density at radius 3 is 2.11 bits per heavy atom. The summed E-state index contributed by atoms with van der Waals surface area (Å²) < 4.78 is 10.8. The van der Waals surface area contributed by atoms with Crippen LogP contribution in [0, 0.1) is 5.92 Å². The van der Waals surface area contributed by atoms with Crippen molar-refractivity contribution in [2.75, 3.05) is 7.11 Å². The zero-order valence-corrected chi connectivity index (χ0v) is 21.4. The van der Waals surface area contributed by atoms with Crippen LogP contribution in [0.4, 0.5) is 0 Å². The Labute approximate surface area is 222 Å². The maximum Gasteiger partial charge on any atom is 0.329 e. The van der Waals surface area contributed by atoms with E-state index in [0.717, 1.165) is 11.1 Å². The SMILES string of the molecule is COc1ccc(C[C@H](NC(=O)C2(NC(=O)C3Cc4ccccc4C3)CC2)C(=O)OCc2ccccc2)cc1. The van der Waals surface area contributed by atoms with Gasteiger partial charge in [-0.15, -0.1) is 0 Å². The highest BCUT2D eigenvalue weighted by atomic mass is 16.5. The van der Waals surface area contributed by atoms with Crippen LogP contribution in [0.2, 0.25) is 0 Å². The maximum atomic E-state index is 13.4. The van der Waals surface area contributed by atoms with Crippen LogP contribution in [0.25, 0.3) is 0 Å². The lowest BCUT2D eigenvalue weighted by Crippen LogP contribution is -2.55. The van der Waals surface area contributed by atoms with Crippen molar-refractivity contribution in [3.63, 3.8) is 0 Å². The van der Waals surface area contributed by atoms with Gasteiger partial charge in [0.15, 0.2) is 0 Å². The predicted molar refractivity (Wildman–Crippen MR) is 142 cm³/mol. The minimum absolute atomic E-state index is 0.110. The van der Waals surface area contributed by atoms with Gasteiger partial charge in [-0.3, -0.25) is 9.59 Å². The summed E-state index contributed by atoms with van der Waals surface area (Å²) in [7, 11) is 1.59. The molecule has 0 heterocycles. The minimum Gasteiger partial charge on any atom is -0.497 e. The molecular weight excluding hydrogens is 480 g/mol. The maximum absolute atomic E-state index is 13.4. The zero-order valence-electron chi connectivity index (χ0n) is 21.4. The van der Waals surface area contributed by atoms with Gasteiger partial charge in [-0.1, -0.05) is 66.7 Å². The third kappa shape index (κ3) is 5.88. The van der Waals surface area contributed by atoms with Gasteiger partial charge >= 0.3 is 5.97 Å². The average Bonchev–Trinajstić information content (AvgIpc) is 3.60. The molecule has 3 aromatic carbocycles. The Morgan fingerprint density at radius 2 is 1.50 bits per heavy atom. The van der Waals surface area contributed by atoms with E-state index < -0.39 is 17.6 Å². The number of amides is 2. The summed E-state index contributed by atoms with van der Waals surface area (Å²) in [5, 5.41) is 5.89. The molecular formula is C31H32N2O5. The van der Waals surface area contributed by atoms with Crippen LogP contribution in [-0.4, -0.2) is 36.5 Å². The Balaban J connectivity index is 1.25. The molecule has 1 fully saturated rings. The number of nitrogens with one attached hydrogen (secondary N) is 2. The molecule has 0 unspecified atom stereocenters. The van der Waals surface area contributed by atoms with E-state index in [4.69, 9.17) is 9.47 Å². The largest absolute Gasteiger partial charge is 0.497 e. The average molecular weight is 513 g/mol. The second-order valence-corrected chi connectivity index (χ2v) is 10.1. The van der Waals surface area contributed by atoms with Gasteiger partial charge in [-0.25, -0.2) is 4.79 Å². The summed E-state index contributed by atoms with van der Waals surface area (Å²) in [6.45, 7) is 0.110. The Bertz CT molecular complexity index is 1280. The summed E-state index contributed by atoms with van der Waals surface area (Å²) in [6.07, 6.45) is 2.68. The van der Waals surface area contributed by atoms with Gasteiger partial charge in [0.1, 0.15) is 23.9 Å². The fourth-order valence-electron chi connectivity index (χ4n) is 4.93. The molecule has 2 amide bonds. The van der Waals surface area contributed by atoms with E-state index in [1.54, 1.807) is 7.11 Å². The van der Waals surface area contributed by atoms with Crippen molar-refractivity contribution < 1.29 is 23.9 Å². The van der Waals surface area contributed by atoms with Crippen molar-refractivity contribution >= 4 is 17.8 Å². The molecule has 38 heavy (non-hydrogen) atoms. The number of hydrogen-bond donors (Lipinski definition) is 2. The minimum atomic E-state index is -0.982. The first-order valence-electron chi connectivity index (χ1n) is 13.0. The quantitative estimate of drug-likeness (QED) is 0.406. The van der Waals surface area contributed by atoms with Crippen LogP contribution in [0.15, 0.2) is 78.9 Å². The number of methoxy groups -OCH3 is 1. The highest BCUT2D eigenvalue weighted by Crippen LogP contribution is 2.37. The van der Waals surface area contributed by atoms with E-state index in [1.165, 1.54) is 11.1 Å². The van der Waals surface area contributed by atoms with Crippen LogP contribution in [0.1, 0.15) is 35.1 Å². The van der Waals surface area contributed by atoms with Gasteiger partial charge < -0.3 is 20.1 Å². The molecule has 1 saturated carbocycles. The first kappa shape index (κ1) is 25.5. The second kappa shape index (κ2) is 11.1. The summed E-state index contributed by atoms with van der Waals surface area (Å²) in [6, 6.07) is 23.9. The van der Waals surface area contributed by atoms with Crippen molar-refractivity contribution in [1.82, 2.24) is 10.6 Å². The number of carbonyl (C=O) groups excluding carboxylic acids is 3. The normalized spacial score (nSPS) is 16.1. The van der Waals surface area contributed by atoms with Crippen LogP contribution in [-0.2, 0) is 45.0 Å². The van der Waals surface area contributed by atoms with E-state index in [9.17, 15) is 14.4 Å². The summed E-state index contributed by atoms with van der Waals surface area (Å²) in [5.41, 5.74) is 3.10. The molecule has 0 radical (unpaired) electrons. The molecule has 5 rings (SSSR count). The van der Waals surface area contributed by atoms with Gasteiger partial charge in [-0.2, -0.15) is 0 Å². The fraction of sp³-hybridized carbons (Fsp3) is 0.323. The number of rotatable bonds is 10. The number of fused-ring (bicyclic) bond motifs is 1. The van der Waals surface area contributed by atoms with Crippen molar-refractivity contribution in [2.24, 2.45) is 5.92 Å². The molecule has 7 nitrogen and oxygen atoms in total. The number of carbonyl (C=O) groups is 3. The van der Waals surface area contributed by atoms with Crippen molar-refractivity contribution in [3.05, 3.63) is 101 Å². The third-order valence-corrected chi connectivity index (χ3v) is 7.38. The molecule has 2 aliphatic rings. The van der Waals surface area contributed by atoms with Crippen LogP contribution >= 0.6 is 0 Å². The Morgan fingerprint density at radius 1 is 0.868 bits per heavy atom. The van der Waals surface area contributed by atoms with E-state index >= 15 is 0 Å². The monoisotopic (exact) mass is 512 g/mol. The van der Waals surface area contributed by atoms with E-state index in [2.05, 4.69) is 10.6 Å². The second-order valence-electron chi connectivity index (χ2n) is 10.1. The lowest BCUT2D eigenvalue weighted by atomic mass is 10.0. The van der Waals surface area contributed by atoms with Gasteiger partial charge in [-0.05, 0) is 60.1 Å². The highest BCUT2D eigenvalue weighted by Gasteiger charge is 2.52. The first-order chi connectivity index (χ1) is 18.5. The molecule has 7 heteroatoms. The summed E-state index contributed by atoms with van der Waals surface area (Å²) in [4.78, 5) is 39.7. The molecule has 196 valence electrons. The molecule has 0 saturated heterocycles. The van der Waals surface area contributed by atoms with Crippen molar-refractivity contribution in [3.8, 4) is 5.75 Å². The summed E-state index contributed by atoms with van der Waals surface area (Å²) in [5.74, 6) is -0.478. The van der Waals surface area contributed by atoms with Gasteiger partial charge in [0.05, 0.1) is 7.11 Å². The highest BCUT2D eigenvalue weighted by molar-refractivity contribution is 5.97. The number of ether oxygens (including phenoxy) is 2. The lowest BCUT2D eigenvalue weighted by Gasteiger charge is -2.23. The lowest BCUT2D eigenvalue weighted by molar-refractivity contribution is -0.149. The third-order valence-electron chi connectivity index (χ3n) is 7.38. The molecule has 2 N–H and O–H groups in total. The number of esters is 1. The number of hydrogen-bond acceptors (Lipinski definition) is 5. The molecule has 0 bridgehead atoms. The molecule has 0 aliphatic heterocycles. The molecule has 1 atom stereocenters. The molecule has 0 spiro atoms. The van der Waals surface area contributed by atoms with Gasteiger partial charge in [0.25, 0.3) is 0 Å². The van der Waals surface area contributed by atoms with Crippen LogP contribution < -0.4 is 15.4 Å². The topological polar surface area (TPSA) is 93.7 Å². The van der Waals surface area contributed by atoms with E-state index in [0.29, 0.717) is 31.4 Å². The smallest absolute Gasteiger partial charge is 0.329 e. The first-order valence-corrected chi connectivity index (χ1v) is 13.0. The van der Waals surface area contributed by atoms with Gasteiger partial charge in [0, 0.05) is 12.3 Å². The Hall–Kier alpha value is -4.13. The molecule has 3 aromatic rings. The predicted octanol–water partition coefficient (Wildman–Crippen LogP) is 3.53. The van der Waals surface area contributed by atoms with E-state index in [1.807, 2.05) is 78.9 Å². The van der Waals surface area contributed by atoms with Crippen molar-refractivity contribution in [1.29, 1.82) is 0 Å². The Kier molecular flexibility index (Phi) is 7.45. The number of benzene rings is 3. The van der Waals surface area contributed by atoms with Crippen molar-refractivity contribution in [2.45, 2.75) is 50.3 Å². The van der Waals surface area contributed by atoms with E-state index in [-0.39, 0.29) is 30.8 Å². The van der Waals surface area contributed by atoms with Crippen LogP contribution in [0.5, 0.6) is 5.75 Å². The zero-order chi connectivity index (χ0) is 26.5. The fourth-order valence-corrected chi connectivity index (χ4v) is 4.93.